The monoisotopic (exact) mass is 470 g/mol. The van der Waals surface area contributed by atoms with Crippen LogP contribution in [-0.4, -0.2) is 35.5 Å². The summed E-state index contributed by atoms with van der Waals surface area (Å²) in [6, 6.07) is 0.912. The Balaban J connectivity index is 1.74. The number of hydrogen-bond acceptors (Lipinski definition) is 6. The minimum absolute atomic E-state index is 0.0258. The fraction of sp³-hybridized carbons (Fsp3) is 0.440. The molecule has 0 aliphatic heterocycles. The second kappa shape index (κ2) is 9.70. The molecule has 3 N–H and O–H groups in total. The van der Waals surface area contributed by atoms with E-state index in [9.17, 15) is 19.2 Å². The molecule has 0 saturated heterocycles. The molecule has 1 atom stereocenters. The minimum atomic E-state index is -1.14. The molecule has 0 spiro atoms. The third kappa shape index (κ3) is 4.83. The maximum atomic E-state index is 12.7. The summed E-state index contributed by atoms with van der Waals surface area (Å²) < 4.78 is 11.5. The van der Waals surface area contributed by atoms with Crippen LogP contribution in [0.25, 0.3) is 21.9 Å². The molecule has 0 radical (unpaired) electrons. The quantitative estimate of drug-likeness (QED) is 0.430. The Morgan fingerprint density at radius 2 is 1.56 bits per heavy atom. The first-order valence-corrected chi connectivity index (χ1v) is 11.2. The molecule has 0 saturated carbocycles. The summed E-state index contributed by atoms with van der Waals surface area (Å²) in [6.45, 7) is 10.5. The lowest BCUT2D eigenvalue weighted by molar-refractivity contribution is -0.143. The molecular weight excluding hydrogens is 440 g/mol. The third-order valence-corrected chi connectivity index (χ3v) is 6.24. The van der Waals surface area contributed by atoms with Gasteiger partial charge in [0, 0.05) is 28.3 Å². The molecule has 182 valence electrons. The van der Waals surface area contributed by atoms with E-state index >= 15 is 0 Å². The largest absolute Gasteiger partial charge is 0.480 e. The summed E-state index contributed by atoms with van der Waals surface area (Å²) in [5.74, 6) is -1.66. The fourth-order valence-electron chi connectivity index (χ4n) is 4.03. The summed E-state index contributed by atoms with van der Waals surface area (Å²) >= 11 is 0. The number of nitrogens with one attached hydrogen (secondary N) is 2. The van der Waals surface area contributed by atoms with Crippen molar-refractivity contribution in [2.45, 2.75) is 60.4 Å². The molecule has 0 fully saturated rings. The Bertz CT molecular complexity index is 1350. The van der Waals surface area contributed by atoms with Gasteiger partial charge in [-0.3, -0.25) is 9.59 Å². The minimum Gasteiger partial charge on any atom is -0.480 e. The van der Waals surface area contributed by atoms with Crippen LogP contribution in [0.5, 0.6) is 0 Å². The standard InChI is InChI=1S/C25H30N2O7/c1-11(2)21(24(30)31)27-20(29)10-26-19(28)8-7-16-13(4)18-9-17-12(3)15(6)33-22(17)14(5)23(18)34-25(16)32/h9,11,21H,7-8,10H2,1-6H3,(H,26,28)(H,27,29)(H,30,31)/t21-/m0/s1. The van der Waals surface area contributed by atoms with Gasteiger partial charge < -0.3 is 24.6 Å². The van der Waals surface area contributed by atoms with Crippen molar-refractivity contribution in [1.82, 2.24) is 10.6 Å². The van der Waals surface area contributed by atoms with Crippen molar-refractivity contribution < 1.29 is 28.3 Å². The van der Waals surface area contributed by atoms with Gasteiger partial charge in [0.2, 0.25) is 11.8 Å². The number of carboxylic acids is 1. The van der Waals surface area contributed by atoms with Gasteiger partial charge in [-0.15, -0.1) is 0 Å². The van der Waals surface area contributed by atoms with E-state index in [1.807, 2.05) is 33.8 Å². The van der Waals surface area contributed by atoms with Crippen LogP contribution in [0.15, 0.2) is 19.7 Å². The van der Waals surface area contributed by atoms with Crippen molar-refractivity contribution in [2.75, 3.05) is 6.54 Å². The molecule has 9 heteroatoms. The number of benzene rings is 1. The number of furan rings is 1. The summed E-state index contributed by atoms with van der Waals surface area (Å²) in [6.07, 6.45) is 0.115. The lowest BCUT2D eigenvalue weighted by Crippen LogP contribution is -2.48. The first-order valence-electron chi connectivity index (χ1n) is 11.2. The van der Waals surface area contributed by atoms with Gasteiger partial charge in [-0.05, 0) is 57.2 Å². The second-order valence-electron chi connectivity index (χ2n) is 8.94. The number of hydrogen-bond donors (Lipinski definition) is 3. The molecule has 34 heavy (non-hydrogen) atoms. The van der Waals surface area contributed by atoms with E-state index in [0.29, 0.717) is 16.7 Å². The van der Waals surface area contributed by atoms with Crippen molar-refractivity contribution >= 4 is 39.7 Å². The molecule has 1 aromatic carbocycles. The Kier molecular flexibility index (Phi) is 7.14. The van der Waals surface area contributed by atoms with Gasteiger partial charge in [-0.25, -0.2) is 9.59 Å². The van der Waals surface area contributed by atoms with Crippen molar-refractivity contribution in [3.05, 3.63) is 44.5 Å². The molecule has 0 unspecified atom stereocenters. The zero-order valence-corrected chi connectivity index (χ0v) is 20.3. The average Bonchev–Trinajstić information content (AvgIpc) is 3.05. The molecule has 0 aliphatic carbocycles. The highest BCUT2D eigenvalue weighted by Crippen LogP contribution is 2.34. The maximum absolute atomic E-state index is 12.7. The first kappa shape index (κ1) is 25.0. The molecule has 2 aromatic heterocycles. The van der Waals surface area contributed by atoms with E-state index in [2.05, 4.69) is 10.6 Å². The number of fused-ring (bicyclic) bond motifs is 2. The van der Waals surface area contributed by atoms with Crippen LogP contribution in [0.4, 0.5) is 0 Å². The molecule has 0 aliphatic rings. The lowest BCUT2D eigenvalue weighted by Gasteiger charge is -2.18. The number of aliphatic carboxylic acids is 1. The van der Waals surface area contributed by atoms with Gasteiger partial charge in [-0.2, -0.15) is 0 Å². The predicted molar refractivity (Wildman–Crippen MR) is 127 cm³/mol. The van der Waals surface area contributed by atoms with Crippen molar-refractivity contribution in [3.63, 3.8) is 0 Å². The fourth-order valence-corrected chi connectivity index (χ4v) is 4.03. The zero-order valence-electron chi connectivity index (χ0n) is 20.3. The lowest BCUT2D eigenvalue weighted by atomic mass is 9.98. The summed E-state index contributed by atoms with van der Waals surface area (Å²) in [7, 11) is 0. The topological polar surface area (TPSA) is 139 Å². The highest BCUT2D eigenvalue weighted by molar-refractivity contribution is 6.00. The number of carbonyl (C=O) groups excluding carboxylic acids is 2. The van der Waals surface area contributed by atoms with Crippen molar-refractivity contribution in [3.8, 4) is 0 Å². The zero-order chi connectivity index (χ0) is 25.3. The molecule has 2 heterocycles. The Morgan fingerprint density at radius 3 is 2.18 bits per heavy atom. The van der Waals surface area contributed by atoms with E-state index in [1.165, 1.54) is 0 Å². The SMILES string of the molecule is Cc1oc2c(C)c3oc(=O)c(CCC(=O)NCC(=O)N[C@H](C(=O)O)C(C)C)c(C)c3cc2c1C. The number of rotatable bonds is 8. The van der Waals surface area contributed by atoms with E-state index in [4.69, 9.17) is 13.9 Å². The highest BCUT2D eigenvalue weighted by Gasteiger charge is 2.23. The Morgan fingerprint density at radius 1 is 0.941 bits per heavy atom. The summed E-state index contributed by atoms with van der Waals surface area (Å²) in [5, 5.41) is 15.7. The molecule has 0 bridgehead atoms. The van der Waals surface area contributed by atoms with Gasteiger partial charge in [0.05, 0.1) is 6.54 Å². The number of aryl methyl sites for hydroxylation is 4. The summed E-state index contributed by atoms with van der Waals surface area (Å²) in [5.41, 5.74) is 3.55. The van der Waals surface area contributed by atoms with Crippen LogP contribution >= 0.6 is 0 Å². The molecule has 3 rings (SSSR count). The number of carboxylic acid groups (broad SMARTS) is 1. The van der Waals surface area contributed by atoms with Gasteiger partial charge in [-0.1, -0.05) is 13.8 Å². The second-order valence-corrected chi connectivity index (χ2v) is 8.94. The van der Waals surface area contributed by atoms with Gasteiger partial charge in [0.15, 0.2) is 0 Å². The summed E-state index contributed by atoms with van der Waals surface area (Å²) in [4.78, 5) is 48.2. The van der Waals surface area contributed by atoms with Crippen LogP contribution in [0.1, 0.15) is 48.3 Å². The normalized spacial score (nSPS) is 12.3. The van der Waals surface area contributed by atoms with E-state index in [0.717, 1.165) is 33.2 Å². The maximum Gasteiger partial charge on any atom is 0.339 e. The van der Waals surface area contributed by atoms with E-state index in [1.54, 1.807) is 13.8 Å². The van der Waals surface area contributed by atoms with E-state index in [-0.39, 0.29) is 25.3 Å². The Labute approximate surface area is 196 Å². The average molecular weight is 471 g/mol. The predicted octanol–water partition coefficient (Wildman–Crippen LogP) is 3.05. The van der Waals surface area contributed by atoms with Crippen LogP contribution in [0.2, 0.25) is 0 Å². The van der Waals surface area contributed by atoms with E-state index < -0.39 is 29.5 Å². The Hall–Kier alpha value is -3.62. The first-order chi connectivity index (χ1) is 15.9. The highest BCUT2D eigenvalue weighted by atomic mass is 16.4. The van der Waals surface area contributed by atoms with Crippen molar-refractivity contribution in [2.24, 2.45) is 5.92 Å². The third-order valence-electron chi connectivity index (χ3n) is 6.24. The molecular formula is C25H30N2O7. The van der Waals surface area contributed by atoms with Crippen molar-refractivity contribution in [1.29, 1.82) is 0 Å². The van der Waals surface area contributed by atoms with Crippen LogP contribution in [0, 0.1) is 33.6 Å². The smallest absolute Gasteiger partial charge is 0.339 e. The van der Waals surface area contributed by atoms with Gasteiger partial charge in [0.1, 0.15) is 23.0 Å². The number of amides is 2. The van der Waals surface area contributed by atoms with Gasteiger partial charge >= 0.3 is 11.6 Å². The number of carbonyl (C=O) groups is 3. The van der Waals surface area contributed by atoms with Crippen LogP contribution in [0.3, 0.4) is 0 Å². The van der Waals surface area contributed by atoms with Crippen LogP contribution in [-0.2, 0) is 20.8 Å². The van der Waals surface area contributed by atoms with Crippen LogP contribution < -0.4 is 16.3 Å². The molecule has 2 amide bonds. The molecule has 3 aromatic rings. The molecule has 9 nitrogen and oxygen atoms in total. The van der Waals surface area contributed by atoms with Gasteiger partial charge in [0.25, 0.3) is 0 Å².